The van der Waals surface area contributed by atoms with Crippen molar-refractivity contribution in [3.05, 3.63) is 24.3 Å². The van der Waals surface area contributed by atoms with Crippen molar-refractivity contribution in [2.24, 2.45) is 0 Å². The summed E-state index contributed by atoms with van der Waals surface area (Å²) in [6, 6.07) is 0. The molecule has 0 spiro atoms. The monoisotopic (exact) mass is 398 g/mol. The Labute approximate surface area is 144 Å². The molecule has 0 saturated carbocycles. The summed E-state index contributed by atoms with van der Waals surface area (Å²) in [6.45, 7) is 31.5. The van der Waals surface area contributed by atoms with Gasteiger partial charge in [-0.1, -0.05) is 96.3 Å². The Balaban J connectivity index is 2.83. The molecule has 0 unspecified atom stereocenters. The van der Waals surface area contributed by atoms with Gasteiger partial charge in [0.05, 0.1) is 0 Å². The van der Waals surface area contributed by atoms with Crippen LogP contribution in [0.1, 0.15) is 0 Å². The third-order valence-electron chi connectivity index (χ3n) is 10.3. The van der Waals surface area contributed by atoms with Gasteiger partial charge < -0.3 is 0 Å². The molecule has 0 radical (unpaired) electrons. The van der Waals surface area contributed by atoms with E-state index in [1.807, 2.05) is 0 Å². The van der Waals surface area contributed by atoms with Gasteiger partial charge in [0, 0.05) is 42.7 Å². The third-order valence-corrected chi connectivity index (χ3v) is 164. The lowest BCUT2D eigenvalue weighted by molar-refractivity contribution is 1.35. The molecule has 126 valence electrons. The van der Waals surface area contributed by atoms with E-state index in [0.29, 0.717) is 0 Å². The van der Waals surface area contributed by atoms with Gasteiger partial charge in [0.25, 0.3) is 0 Å². The highest BCUT2D eigenvalue weighted by Gasteiger charge is 2.78. The standard InChI is InChI=1S/C16H38Si6/c1-17(2)18(3,4)20(7,8)22(11,16-14-12-13-15-16)21(9,10)19(17,5)6/h12-16H,1-11H3. The number of rotatable bonds is 1. The van der Waals surface area contributed by atoms with E-state index >= 15 is 0 Å². The molecule has 1 heterocycles. The van der Waals surface area contributed by atoms with Crippen LogP contribution in [0.3, 0.4) is 0 Å². The van der Waals surface area contributed by atoms with Crippen molar-refractivity contribution >= 4 is 42.7 Å². The quantitative estimate of drug-likeness (QED) is 0.505. The summed E-state index contributed by atoms with van der Waals surface area (Å²) in [4.78, 5) is 0. The molecule has 0 atom stereocenters. The Hall–Kier alpha value is 0.781. The fourth-order valence-electron chi connectivity index (χ4n) is 6.07. The molecule has 1 saturated heterocycles. The molecule has 0 nitrogen and oxygen atoms in total. The maximum Gasteiger partial charge on any atom is 0.0457 e. The summed E-state index contributed by atoms with van der Waals surface area (Å²) in [5.41, 5.74) is 0.875. The summed E-state index contributed by atoms with van der Waals surface area (Å²) in [5.74, 6) is 0. The first-order valence-corrected chi connectivity index (χ1v) is 32.5. The largest absolute Gasteiger partial charge is 0.0809 e. The van der Waals surface area contributed by atoms with Gasteiger partial charge in [-0.15, -0.1) is 0 Å². The Morgan fingerprint density at radius 1 is 0.455 bits per heavy atom. The van der Waals surface area contributed by atoms with Crippen molar-refractivity contribution in [3.8, 4) is 0 Å². The second kappa shape index (κ2) is 4.91. The summed E-state index contributed by atoms with van der Waals surface area (Å²) >= 11 is 0. The van der Waals surface area contributed by atoms with E-state index in [1.165, 1.54) is 0 Å². The molecule has 0 aromatic heterocycles. The van der Waals surface area contributed by atoms with E-state index in [4.69, 9.17) is 0 Å². The van der Waals surface area contributed by atoms with Crippen LogP contribution in [0.2, 0.25) is 77.6 Å². The Kier molecular flexibility index (Phi) is 4.26. The molecule has 0 aromatic carbocycles. The first-order valence-electron chi connectivity index (χ1n) is 8.96. The molecule has 6 heteroatoms. The first-order chi connectivity index (χ1) is 9.61. The summed E-state index contributed by atoms with van der Waals surface area (Å²) in [6.07, 6.45) is 9.95. The van der Waals surface area contributed by atoms with Crippen LogP contribution in [0.5, 0.6) is 0 Å². The van der Waals surface area contributed by atoms with E-state index in [2.05, 4.69) is 96.3 Å². The maximum atomic E-state index is 2.91. The molecule has 1 aliphatic heterocycles. The minimum Gasteiger partial charge on any atom is -0.0809 e. The topological polar surface area (TPSA) is 0 Å². The molecule has 2 rings (SSSR count). The fourth-order valence-corrected chi connectivity index (χ4v) is 252. The number of hydrogen-bond donors (Lipinski definition) is 0. The lowest BCUT2D eigenvalue weighted by atomic mass is 10.5. The highest BCUT2D eigenvalue weighted by Crippen LogP contribution is 2.56. The molecule has 1 fully saturated rings. The normalized spacial score (nSPS) is 33.0. The van der Waals surface area contributed by atoms with Crippen LogP contribution in [0, 0.1) is 0 Å². The predicted molar refractivity (Wildman–Crippen MR) is 121 cm³/mol. The fraction of sp³-hybridized carbons (Fsp3) is 0.750. The lowest BCUT2D eigenvalue weighted by Gasteiger charge is -2.74. The smallest absolute Gasteiger partial charge is 0.0457 e. The zero-order chi connectivity index (χ0) is 17.4. The molecule has 0 N–H and O–H groups in total. The van der Waals surface area contributed by atoms with Gasteiger partial charge in [-0.2, -0.15) is 0 Å². The summed E-state index contributed by atoms with van der Waals surface area (Å²) < 4.78 is 0. The van der Waals surface area contributed by atoms with Crippen molar-refractivity contribution < 1.29 is 0 Å². The summed E-state index contributed by atoms with van der Waals surface area (Å²) in [7, 11) is -6.86. The highest BCUT2D eigenvalue weighted by molar-refractivity contribution is 8.13. The molecule has 22 heavy (non-hydrogen) atoms. The van der Waals surface area contributed by atoms with Crippen LogP contribution >= 0.6 is 0 Å². The average molecular weight is 399 g/mol. The average Bonchev–Trinajstić information content (AvgIpc) is 2.89. The van der Waals surface area contributed by atoms with Crippen molar-refractivity contribution in [2.45, 2.75) is 77.6 Å². The highest BCUT2D eigenvalue weighted by atomic mass is 30.2. The minimum absolute atomic E-state index is 0.875. The van der Waals surface area contributed by atoms with Gasteiger partial charge in [-0.25, -0.2) is 0 Å². The third kappa shape index (κ3) is 1.77. The van der Waals surface area contributed by atoms with E-state index in [-0.39, 0.29) is 0 Å². The number of hydrogen-bond acceptors (Lipinski definition) is 0. The van der Waals surface area contributed by atoms with Gasteiger partial charge in [0.1, 0.15) is 0 Å². The molecular formula is C16H38Si6. The van der Waals surface area contributed by atoms with Crippen molar-refractivity contribution in [1.82, 2.24) is 0 Å². The van der Waals surface area contributed by atoms with Gasteiger partial charge in [-0.3, -0.25) is 0 Å². The van der Waals surface area contributed by atoms with Crippen LogP contribution in [-0.2, 0) is 0 Å². The second-order valence-electron chi connectivity index (χ2n) is 10.6. The van der Waals surface area contributed by atoms with E-state index < -0.39 is 42.7 Å². The van der Waals surface area contributed by atoms with Crippen LogP contribution < -0.4 is 0 Å². The van der Waals surface area contributed by atoms with E-state index in [1.54, 1.807) is 0 Å². The minimum atomic E-state index is -1.26. The zero-order valence-electron chi connectivity index (χ0n) is 16.9. The molecule has 0 bridgehead atoms. The van der Waals surface area contributed by atoms with Crippen LogP contribution in [-0.4, -0.2) is 42.7 Å². The second-order valence-corrected chi connectivity index (χ2v) is 82.7. The SMILES string of the molecule is C[Si]1(C)[Si](C)(C)[Si](C)(C)[Si](C)(C2C=CC=C2)[Si](C)(C)[Si]1(C)C. The number of allylic oxidation sites excluding steroid dienone is 4. The Morgan fingerprint density at radius 2 is 0.727 bits per heavy atom. The van der Waals surface area contributed by atoms with Crippen molar-refractivity contribution in [3.63, 3.8) is 0 Å². The van der Waals surface area contributed by atoms with Gasteiger partial charge in [-0.05, 0) is 5.54 Å². The molecule has 0 aromatic rings. The van der Waals surface area contributed by atoms with E-state index in [0.717, 1.165) is 5.54 Å². The van der Waals surface area contributed by atoms with Crippen molar-refractivity contribution in [2.75, 3.05) is 0 Å². The van der Waals surface area contributed by atoms with E-state index in [9.17, 15) is 0 Å². The molecule has 2 aliphatic rings. The van der Waals surface area contributed by atoms with Crippen molar-refractivity contribution in [1.29, 1.82) is 0 Å². The molecule has 1 aliphatic carbocycles. The Morgan fingerprint density at radius 3 is 1.05 bits per heavy atom. The molecular weight excluding hydrogens is 361 g/mol. The van der Waals surface area contributed by atoms with Crippen LogP contribution in [0.4, 0.5) is 0 Å². The van der Waals surface area contributed by atoms with Crippen LogP contribution in [0.25, 0.3) is 0 Å². The molecule has 0 amide bonds. The maximum absolute atomic E-state index is 2.91. The lowest BCUT2D eigenvalue weighted by Crippen LogP contribution is -3.01. The predicted octanol–water partition coefficient (Wildman–Crippen LogP) is 5.59. The van der Waals surface area contributed by atoms with Crippen LogP contribution in [0.15, 0.2) is 24.3 Å². The zero-order valence-corrected chi connectivity index (χ0v) is 22.9. The van der Waals surface area contributed by atoms with Gasteiger partial charge >= 0.3 is 0 Å². The Bertz CT molecular complexity index is 497. The van der Waals surface area contributed by atoms with Gasteiger partial charge in [0.15, 0.2) is 0 Å². The van der Waals surface area contributed by atoms with Gasteiger partial charge in [0.2, 0.25) is 0 Å². The first kappa shape index (κ1) is 19.1. The summed E-state index contributed by atoms with van der Waals surface area (Å²) in [5, 5.41) is 0.